The van der Waals surface area contributed by atoms with Gasteiger partial charge in [-0.3, -0.25) is 19.2 Å². The Labute approximate surface area is 180 Å². The summed E-state index contributed by atoms with van der Waals surface area (Å²) in [5, 5.41) is 12.4. The molecule has 2 atom stereocenters. The Hall–Kier alpha value is -3.10. The van der Waals surface area contributed by atoms with E-state index in [0.717, 1.165) is 19.3 Å². The molecule has 3 N–H and O–H groups in total. The van der Waals surface area contributed by atoms with Crippen LogP contribution < -0.4 is 10.6 Å². The number of nitrogens with zero attached hydrogens (tertiary/aromatic N) is 1. The number of Topliss-reactive ketones (excluding diaryl/α,β-unsaturated/α-hetero) is 1. The van der Waals surface area contributed by atoms with E-state index in [1.54, 1.807) is 17.0 Å². The maximum Gasteiger partial charge on any atom is 0.243 e. The largest absolute Gasteiger partial charge is 0.350 e. The van der Waals surface area contributed by atoms with E-state index in [-0.39, 0.29) is 37.0 Å². The zero-order valence-corrected chi connectivity index (χ0v) is 17.2. The molecule has 1 aromatic rings. The molecule has 2 aliphatic rings. The number of carbonyl (C=O) groups excluding carboxylic acids is 4. The molecule has 0 radical (unpaired) electrons. The van der Waals surface area contributed by atoms with E-state index in [1.807, 2.05) is 0 Å². The van der Waals surface area contributed by atoms with Crippen LogP contribution in [0, 0.1) is 17.1 Å². The van der Waals surface area contributed by atoms with Crippen LogP contribution in [0.4, 0.5) is 4.39 Å². The SMILES string of the molecule is N=CC(=O)CC[C@H](NC(=O)[C@@H]1CCCN1C(=O)C1CC1)C(=O)NCc1ccc(F)cc1. The molecule has 31 heavy (non-hydrogen) atoms. The summed E-state index contributed by atoms with van der Waals surface area (Å²) >= 11 is 0. The summed E-state index contributed by atoms with van der Waals surface area (Å²) in [6.07, 6.45) is 3.63. The van der Waals surface area contributed by atoms with Crippen LogP contribution in [-0.2, 0) is 25.7 Å². The lowest BCUT2D eigenvalue weighted by atomic mass is 10.1. The highest BCUT2D eigenvalue weighted by atomic mass is 19.1. The van der Waals surface area contributed by atoms with E-state index in [0.29, 0.717) is 24.7 Å². The third kappa shape index (κ3) is 6.19. The van der Waals surface area contributed by atoms with Crippen molar-refractivity contribution in [2.45, 2.75) is 57.2 Å². The van der Waals surface area contributed by atoms with Crippen molar-refractivity contribution in [2.75, 3.05) is 6.54 Å². The highest BCUT2D eigenvalue weighted by Gasteiger charge is 2.41. The van der Waals surface area contributed by atoms with Crippen LogP contribution in [-0.4, -0.2) is 53.2 Å². The van der Waals surface area contributed by atoms with Crippen molar-refractivity contribution < 1.29 is 23.6 Å². The van der Waals surface area contributed by atoms with E-state index in [2.05, 4.69) is 10.6 Å². The molecule has 1 saturated carbocycles. The van der Waals surface area contributed by atoms with Crippen molar-refractivity contribution in [3.63, 3.8) is 0 Å². The number of halogens is 1. The predicted molar refractivity (Wildman–Crippen MR) is 111 cm³/mol. The highest BCUT2D eigenvalue weighted by molar-refractivity contribution is 6.26. The summed E-state index contributed by atoms with van der Waals surface area (Å²) in [5.41, 5.74) is 0.687. The van der Waals surface area contributed by atoms with Crippen molar-refractivity contribution in [3.05, 3.63) is 35.6 Å². The van der Waals surface area contributed by atoms with Crippen LogP contribution in [0.25, 0.3) is 0 Å². The van der Waals surface area contributed by atoms with Crippen LogP contribution in [0.2, 0.25) is 0 Å². The molecule has 166 valence electrons. The van der Waals surface area contributed by atoms with E-state index < -0.39 is 29.7 Å². The second kappa shape index (κ2) is 10.3. The molecule has 9 heteroatoms. The fourth-order valence-corrected chi connectivity index (χ4v) is 3.68. The molecule has 0 spiro atoms. The van der Waals surface area contributed by atoms with Gasteiger partial charge in [0.05, 0.1) is 6.21 Å². The zero-order chi connectivity index (χ0) is 22.4. The standard InChI is InChI=1S/C22H27FN4O4/c23-16-7-3-14(4-8-16)13-25-20(29)18(10-9-17(28)12-24)26-21(30)19-2-1-11-27(19)22(31)15-5-6-15/h3-4,7-8,12,15,18-19,24H,1-2,5-6,9-11,13H2,(H,25,29)(H,26,30)/t18-,19-/m0/s1. The van der Waals surface area contributed by atoms with E-state index >= 15 is 0 Å². The number of benzene rings is 1. The Morgan fingerprint density at radius 1 is 1.16 bits per heavy atom. The highest BCUT2D eigenvalue weighted by Crippen LogP contribution is 2.33. The number of rotatable bonds is 10. The number of hydrogen-bond acceptors (Lipinski definition) is 5. The van der Waals surface area contributed by atoms with Crippen molar-refractivity contribution in [1.29, 1.82) is 5.41 Å². The lowest BCUT2D eigenvalue weighted by Crippen LogP contribution is -2.53. The zero-order valence-electron chi connectivity index (χ0n) is 17.2. The molecule has 1 saturated heterocycles. The molecule has 0 aromatic heterocycles. The van der Waals surface area contributed by atoms with E-state index in [1.165, 1.54) is 12.1 Å². The Balaban J connectivity index is 1.62. The maximum absolute atomic E-state index is 13.0. The van der Waals surface area contributed by atoms with Crippen molar-refractivity contribution in [3.8, 4) is 0 Å². The second-order valence-corrected chi connectivity index (χ2v) is 8.02. The number of likely N-dealkylation sites (tertiary alicyclic amines) is 1. The molecular formula is C22H27FN4O4. The molecule has 8 nitrogen and oxygen atoms in total. The number of carbonyl (C=O) groups is 4. The van der Waals surface area contributed by atoms with Gasteiger partial charge in [0.1, 0.15) is 17.9 Å². The maximum atomic E-state index is 13.0. The third-order valence-corrected chi connectivity index (χ3v) is 5.62. The van der Waals surface area contributed by atoms with Crippen molar-refractivity contribution >= 4 is 29.7 Å². The Morgan fingerprint density at radius 2 is 1.87 bits per heavy atom. The third-order valence-electron chi connectivity index (χ3n) is 5.62. The molecular weight excluding hydrogens is 403 g/mol. The summed E-state index contributed by atoms with van der Waals surface area (Å²) in [5.74, 6) is -1.71. The Morgan fingerprint density at radius 3 is 2.52 bits per heavy atom. The average molecular weight is 430 g/mol. The van der Waals surface area contributed by atoms with Crippen LogP contribution in [0.5, 0.6) is 0 Å². The molecule has 0 bridgehead atoms. The number of amides is 3. The van der Waals surface area contributed by atoms with Gasteiger partial charge in [-0.15, -0.1) is 0 Å². The van der Waals surface area contributed by atoms with Crippen LogP contribution >= 0.6 is 0 Å². The van der Waals surface area contributed by atoms with Gasteiger partial charge < -0.3 is 20.9 Å². The summed E-state index contributed by atoms with van der Waals surface area (Å²) < 4.78 is 13.0. The fourth-order valence-electron chi connectivity index (χ4n) is 3.68. The van der Waals surface area contributed by atoms with E-state index in [9.17, 15) is 23.6 Å². The van der Waals surface area contributed by atoms with Crippen LogP contribution in [0.15, 0.2) is 24.3 Å². The first-order chi connectivity index (χ1) is 14.9. The number of hydrogen-bond donors (Lipinski definition) is 3. The van der Waals surface area contributed by atoms with Gasteiger partial charge in [-0.05, 0) is 49.8 Å². The quantitative estimate of drug-likeness (QED) is 0.485. The first-order valence-electron chi connectivity index (χ1n) is 10.6. The van der Waals surface area contributed by atoms with E-state index in [4.69, 9.17) is 5.41 Å². The minimum atomic E-state index is -0.977. The fraction of sp³-hybridized carbons (Fsp3) is 0.500. The smallest absolute Gasteiger partial charge is 0.243 e. The number of ketones is 1. The summed E-state index contributed by atoms with van der Waals surface area (Å²) in [6.45, 7) is 0.668. The summed E-state index contributed by atoms with van der Waals surface area (Å²) in [6, 6.07) is 4.07. The van der Waals surface area contributed by atoms with Gasteiger partial charge in [-0.1, -0.05) is 12.1 Å². The topological polar surface area (TPSA) is 119 Å². The van der Waals surface area contributed by atoms with Crippen LogP contribution in [0.1, 0.15) is 44.1 Å². The Kier molecular flexibility index (Phi) is 7.49. The van der Waals surface area contributed by atoms with Gasteiger partial charge in [0.2, 0.25) is 17.7 Å². The summed E-state index contributed by atoms with van der Waals surface area (Å²) in [4.78, 5) is 51.2. The molecule has 2 fully saturated rings. The number of nitrogens with one attached hydrogen (secondary N) is 3. The summed E-state index contributed by atoms with van der Waals surface area (Å²) in [7, 11) is 0. The molecule has 1 aliphatic heterocycles. The van der Waals surface area contributed by atoms with Crippen LogP contribution in [0.3, 0.4) is 0 Å². The van der Waals surface area contributed by atoms with Crippen molar-refractivity contribution in [2.24, 2.45) is 5.92 Å². The Bertz CT molecular complexity index is 854. The van der Waals surface area contributed by atoms with Gasteiger partial charge in [-0.2, -0.15) is 0 Å². The molecule has 0 unspecified atom stereocenters. The normalized spacial score (nSPS) is 18.9. The monoisotopic (exact) mass is 430 g/mol. The lowest BCUT2D eigenvalue weighted by Gasteiger charge is -2.26. The van der Waals surface area contributed by atoms with Gasteiger partial charge in [0.25, 0.3) is 0 Å². The first-order valence-corrected chi connectivity index (χ1v) is 10.6. The molecule has 1 heterocycles. The molecule has 1 aliphatic carbocycles. The van der Waals surface area contributed by atoms with Gasteiger partial charge in [0.15, 0.2) is 5.78 Å². The average Bonchev–Trinajstić information content (AvgIpc) is 3.51. The molecule has 3 amide bonds. The minimum absolute atomic E-state index is 0.00561. The lowest BCUT2D eigenvalue weighted by molar-refractivity contribution is -0.140. The van der Waals surface area contributed by atoms with Gasteiger partial charge in [0, 0.05) is 25.4 Å². The first kappa shape index (κ1) is 22.6. The molecule has 1 aromatic carbocycles. The van der Waals surface area contributed by atoms with Gasteiger partial charge >= 0.3 is 0 Å². The second-order valence-electron chi connectivity index (χ2n) is 8.02. The minimum Gasteiger partial charge on any atom is -0.350 e. The predicted octanol–water partition coefficient (Wildman–Crippen LogP) is 1.33. The van der Waals surface area contributed by atoms with Crippen molar-refractivity contribution in [1.82, 2.24) is 15.5 Å². The molecule has 3 rings (SSSR count). The van der Waals surface area contributed by atoms with Gasteiger partial charge in [-0.25, -0.2) is 4.39 Å².